The highest BCUT2D eigenvalue weighted by Crippen LogP contribution is 2.08. The van der Waals surface area contributed by atoms with E-state index in [1.165, 1.54) is 6.08 Å². The molecule has 0 fully saturated rings. The second-order valence-electron chi connectivity index (χ2n) is 2.05. The average molecular weight is 112 g/mol. The highest BCUT2D eigenvalue weighted by Gasteiger charge is 2.10. The Hall–Kier alpha value is -0.560. The van der Waals surface area contributed by atoms with Gasteiger partial charge in [-0.25, -0.2) is 0 Å². The molecule has 0 aliphatic rings. The first-order valence-corrected chi connectivity index (χ1v) is 2.59. The quantitative estimate of drug-likeness (QED) is 0.548. The number of rotatable bonds is 3. The molecule has 0 rings (SSSR count). The highest BCUT2D eigenvalue weighted by atomic mass is 16.3. The summed E-state index contributed by atoms with van der Waals surface area (Å²) in [5.41, 5.74) is -0.762. The van der Waals surface area contributed by atoms with Crippen LogP contribution < -0.4 is 0 Å². The lowest BCUT2D eigenvalue weighted by Gasteiger charge is -2.14. The van der Waals surface area contributed by atoms with E-state index in [1.54, 1.807) is 13.0 Å². The fourth-order valence-corrected chi connectivity index (χ4v) is 0.376. The Bertz CT molecular complexity index is 92.6. The van der Waals surface area contributed by atoms with Crippen LogP contribution in [-0.2, 0) is 0 Å². The Balaban J connectivity index is 3.70. The van der Waals surface area contributed by atoms with Gasteiger partial charge in [-0.1, -0.05) is 12.2 Å². The van der Waals surface area contributed by atoms with Crippen molar-refractivity contribution < 1.29 is 5.11 Å². The molecule has 0 spiro atoms. The van der Waals surface area contributed by atoms with Crippen molar-refractivity contribution in [3.63, 3.8) is 0 Å². The maximum atomic E-state index is 9.13. The average Bonchev–Trinajstić information content (AvgIpc) is 1.67. The summed E-state index contributed by atoms with van der Waals surface area (Å²) in [5.74, 6) is 0. The summed E-state index contributed by atoms with van der Waals surface area (Å²) in [4.78, 5) is 0. The van der Waals surface area contributed by atoms with Crippen molar-refractivity contribution >= 4 is 0 Å². The summed E-state index contributed by atoms with van der Waals surface area (Å²) in [5, 5.41) is 9.13. The van der Waals surface area contributed by atoms with Crippen LogP contribution in [0.3, 0.4) is 0 Å². The van der Waals surface area contributed by atoms with Gasteiger partial charge < -0.3 is 5.11 Å². The van der Waals surface area contributed by atoms with Crippen LogP contribution in [0.25, 0.3) is 0 Å². The second-order valence-corrected chi connectivity index (χ2v) is 2.05. The summed E-state index contributed by atoms with van der Waals surface area (Å²) in [7, 11) is 0. The van der Waals surface area contributed by atoms with Gasteiger partial charge in [-0.15, -0.1) is 13.2 Å². The Morgan fingerprint density at radius 1 is 1.62 bits per heavy atom. The summed E-state index contributed by atoms with van der Waals surface area (Å²) in [6.07, 6.45) is 3.74. The number of hydrogen-bond acceptors (Lipinski definition) is 1. The lowest BCUT2D eigenvalue weighted by atomic mass is 10.0. The number of hydrogen-bond donors (Lipinski definition) is 1. The minimum atomic E-state index is -0.762. The Kier molecular flexibility index (Phi) is 2.49. The topological polar surface area (TPSA) is 20.2 Å². The summed E-state index contributed by atoms with van der Waals surface area (Å²) < 4.78 is 0. The molecular formula is C7H12O. The zero-order valence-corrected chi connectivity index (χ0v) is 5.22. The molecule has 0 amide bonds. The zero-order chi connectivity index (χ0) is 6.62. The highest BCUT2D eigenvalue weighted by molar-refractivity contribution is 4.95. The molecular weight excluding hydrogens is 100 g/mol. The van der Waals surface area contributed by atoms with E-state index in [0.29, 0.717) is 6.42 Å². The predicted octanol–water partition coefficient (Wildman–Crippen LogP) is 1.50. The normalized spacial score (nSPS) is 16.8. The summed E-state index contributed by atoms with van der Waals surface area (Å²) in [6, 6.07) is 0. The lowest BCUT2D eigenvalue weighted by molar-refractivity contribution is 0.116. The van der Waals surface area contributed by atoms with Crippen molar-refractivity contribution in [2.24, 2.45) is 0 Å². The molecule has 1 N–H and O–H groups in total. The molecule has 0 saturated carbocycles. The second kappa shape index (κ2) is 2.68. The lowest BCUT2D eigenvalue weighted by Crippen LogP contribution is -2.18. The van der Waals surface area contributed by atoms with Crippen molar-refractivity contribution in [1.29, 1.82) is 0 Å². The third-order valence-electron chi connectivity index (χ3n) is 0.997. The van der Waals surface area contributed by atoms with Gasteiger partial charge in [-0.05, 0) is 13.3 Å². The number of aliphatic hydroxyl groups is 1. The maximum absolute atomic E-state index is 9.13. The standard InChI is InChI=1S/C7H12O/c1-4-6-7(3,8)5-2/h4-5,8H,1-2,6H2,3H3/t7-/m1/s1. The van der Waals surface area contributed by atoms with Gasteiger partial charge in [0, 0.05) is 0 Å². The molecule has 0 heterocycles. The van der Waals surface area contributed by atoms with Crippen LogP contribution in [0.2, 0.25) is 0 Å². The molecule has 1 atom stereocenters. The van der Waals surface area contributed by atoms with Gasteiger partial charge in [-0.2, -0.15) is 0 Å². The molecule has 0 bridgehead atoms. The molecule has 0 aliphatic carbocycles. The van der Waals surface area contributed by atoms with E-state index in [2.05, 4.69) is 13.2 Å². The van der Waals surface area contributed by atoms with Crippen molar-refractivity contribution in [3.05, 3.63) is 25.3 Å². The Morgan fingerprint density at radius 2 is 2.12 bits per heavy atom. The van der Waals surface area contributed by atoms with Crippen LogP contribution in [0.15, 0.2) is 25.3 Å². The van der Waals surface area contributed by atoms with Crippen LogP contribution in [0.5, 0.6) is 0 Å². The molecule has 1 nitrogen and oxygen atoms in total. The first kappa shape index (κ1) is 7.44. The first-order valence-electron chi connectivity index (χ1n) is 2.59. The molecule has 46 valence electrons. The Morgan fingerprint density at radius 3 is 2.25 bits per heavy atom. The van der Waals surface area contributed by atoms with Crippen molar-refractivity contribution in [3.8, 4) is 0 Å². The van der Waals surface area contributed by atoms with E-state index in [1.807, 2.05) is 0 Å². The van der Waals surface area contributed by atoms with E-state index in [-0.39, 0.29) is 0 Å². The van der Waals surface area contributed by atoms with E-state index in [0.717, 1.165) is 0 Å². The maximum Gasteiger partial charge on any atom is 0.0831 e. The van der Waals surface area contributed by atoms with Crippen molar-refractivity contribution in [2.75, 3.05) is 0 Å². The van der Waals surface area contributed by atoms with Gasteiger partial charge in [-0.3, -0.25) is 0 Å². The fourth-order valence-electron chi connectivity index (χ4n) is 0.376. The van der Waals surface area contributed by atoms with Crippen LogP contribution in [0, 0.1) is 0 Å². The minimum Gasteiger partial charge on any atom is -0.386 e. The van der Waals surface area contributed by atoms with Crippen LogP contribution >= 0.6 is 0 Å². The van der Waals surface area contributed by atoms with E-state index in [4.69, 9.17) is 5.11 Å². The van der Waals surface area contributed by atoms with Crippen molar-refractivity contribution in [2.45, 2.75) is 18.9 Å². The summed E-state index contributed by atoms with van der Waals surface area (Å²) in [6.45, 7) is 8.64. The summed E-state index contributed by atoms with van der Waals surface area (Å²) >= 11 is 0. The van der Waals surface area contributed by atoms with Gasteiger partial charge in [0.25, 0.3) is 0 Å². The van der Waals surface area contributed by atoms with E-state index in [9.17, 15) is 0 Å². The van der Waals surface area contributed by atoms with Gasteiger partial charge >= 0.3 is 0 Å². The predicted molar refractivity (Wildman–Crippen MR) is 35.6 cm³/mol. The van der Waals surface area contributed by atoms with Crippen LogP contribution in [0.4, 0.5) is 0 Å². The molecule has 0 unspecified atom stereocenters. The van der Waals surface area contributed by atoms with Gasteiger partial charge in [0.05, 0.1) is 5.60 Å². The smallest absolute Gasteiger partial charge is 0.0831 e. The first-order chi connectivity index (χ1) is 3.62. The molecule has 0 aromatic rings. The molecule has 1 heteroatoms. The largest absolute Gasteiger partial charge is 0.386 e. The third kappa shape index (κ3) is 2.59. The fraction of sp³-hybridized carbons (Fsp3) is 0.429. The third-order valence-corrected chi connectivity index (χ3v) is 0.997. The van der Waals surface area contributed by atoms with E-state index < -0.39 is 5.60 Å². The van der Waals surface area contributed by atoms with Gasteiger partial charge in [0.1, 0.15) is 0 Å². The molecule has 0 aliphatic heterocycles. The van der Waals surface area contributed by atoms with Gasteiger partial charge in [0.2, 0.25) is 0 Å². The van der Waals surface area contributed by atoms with E-state index >= 15 is 0 Å². The molecule has 0 aromatic heterocycles. The zero-order valence-electron chi connectivity index (χ0n) is 5.22. The molecule has 0 saturated heterocycles. The minimum absolute atomic E-state index is 0.566. The molecule has 0 radical (unpaired) electrons. The van der Waals surface area contributed by atoms with Crippen molar-refractivity contribution in [1.82, 2.24) is 0 Å². The van der Waals surface area contributed by atoms with Crippen LogP contribution in [0.1, 0.15) is 13.3 Å². The monoisotopic (exact) mass is 112 g/mol. The SMILES string of the molecule is C=CC[C@](C)(O)C=C. The molecule has 8 heavy (non-hydrogen) atoms. The van der Waals surface area contributed by atoms with Crippen LogP contribution in [-0.4, -0.2) is 10.7 Å². The van der Waals surface area contributed by atoms with Gasteiger partial charge in [0.15, 0.2) is 0 Å². The Labute approximate surface area is 50.3 Å². The molecule has 0 aromatic carbocycles.